The van der Waals surface area contributed by atoms with Crippen LogP contribution in [0.1, 0.15) is 18.1 Å². The first kappa shape index (κ1) is 22.7. The van der Waals surface area contributed by atoms with Gasteiger partial charge < -0.3 is 9.47 Å². The molecule has 9 heteroatoms. The zero-order valence-corrected chi connectivity index (χ0v) is 18.7. The highest BCUT2D eigenvalue weighted by molar-refractivity contribution is 7.80. The minimum atomic E-state index is -0.501. The van der Waals surface area contributed by atoms with Crippen molar-refractivity contribution in [3.63, 3.8) is 0 Å². The summed E-state index contributed by atoms with van der Waals surface area (Å²) in [4.78, 5) is 27.6. The number of nitrogens with zero attached hydrogens (tertiary/aromatic N) is 2. The fourth-order valence-corrected chi connectivity index (χ4v) is 3.39. The van der Waals surface area contributed by atoms with Crippen molar-refractivity contribution >= 4 is 46.8 Å². The van der Waals surface area contributed by atoms with Crippen LogP contribution in [-0.4, -0.2) is 47.4 Å². The van der Waals surface area contributed by atoms with Gasteiger partial charge in [0.05, 0.1) is 11.6 Å². The largest absolute Gasteiger partial charge is 0.490 e. The second kappa shape index (κ2) is 9.45. The predicted molar refractivity (Wildman–Crippen MR) is 119 cm³/mol. The molecule has 0 N–H and O–H groups in total. The predicted octanol–water partition coefficient (Wildman–Crippen LogP) is 4.06. The molecule has 31 heavy (non-hydrogen) atoms. The standard InChI is InChI=1S/C22H20ClFN2O4S/c1-4-29-18-11-14(9-16-20(27)25(2)22(31)26(3)21(16)28)10-17(23)19(18)30-12-13-5-7-15(24)8-6-13/h5-11H,4,12H2,1-3H3. The molecule has 2 aromatic rings. The Morgan fingerprint density at radius 1 is 1.06 bits per heavy atom. The average Bonchev–Trinajstić information content (AvgIpc) is 2.75. The fourth-order valence-electron chi connectivity index (χ4n) is 2.95. The molecule has 2 aromatic carbocycles. The summed E-state index contributed by atoms with van der Waals surface area (Å²) in [6.45, 7) is 2.31. The SMILES string of the molecule is CCOc1cc(C=C2C(=O)N(C)C(=S)N(C)C2=O)cc(Cl)c1OCc1ccc(F)cc1. The van der Waals surface area contributed by atoms with Gasteiger partial charge in [-0.1, -0.05) is 23.7 Å². The summed E-state index contributed by atoms with van der Waals surface area (Å²) in [5.74, 6) is -0.667. The minimum absolute atomic E-state index is 0.0444. The van der Waals surface area contributed by atoms with Crippen molar-refractivity contribution in [3.05, 3.63) is 63.9 Å². The van der Waals surface area contributed by atoms with Gasteiger partial charge in [0.25, 0.3) is 11.8 Å². The first-order valence-electron chi connectivity index (χ1n) is 9.38. The van der Waals surface area contributed by atoms with Gasteiger partial charge in [0, 0.05) is 14.1 Å². The van der Waals surface area contributed by atoms with Gasteiger partial charge in [-0.25, -0.2) is 4.39 Å². The van der Waals surface area contributed by atoms with Crippen molar-refractivity contribution in [1.82, 2.24) is 9.80 Å². The second-order valence-electron chi connectivity index (χ2n) is 6.75. The lowest BCUT2D eigenvalue weighted by Crippen LogP contribution is -2.52. The zero-order chi connectivity index (χ0) is 22.7. The molecule has 3 rings (SSSR count). The van der Waals surface area contributed by atoms with Crippen molar-refractivity contribution in [1.29, 1.82) is 0 Å². The number of carbonyl (C=O) groups excluding carboxylic acids is 2. The molecule has 6 nitrogen and oxygen atoms in total. The quantitative estimate of drug-likeness (QED) is 0.368. The number of likely N-dealkylation sites (N-methyl/N-ethyl adjacent to an activating group) is 2. The maximum absolute atomic E-state index is 13.1. The van der Waals surface area contributed by atoms with Crippen molar-refractivity contribution < 1.29 is 23.5 Å². The summed E-state index contributed by atoms with van der Waals surface area (Å²) in [6, 6.07) is 9.12. The molecule has 1 aliphatic rings. The first-order valence-corrected chi connectivity index (χ1v) is 10.2. The number of rotatable bonds is 6. The Morgan fingerprint density at radius 2 is 1.68 bits per heavy atom. The number of halogens is 2. The van der Waals surface area contributed by atoms with E-state index in [-0.39, 0.29) is 28.1 Å². The molecule has 0 aliphatic carbocycles. The third kappa shape index (κ3) is 4.86. The van der Waals surface area contributed by atoms with Crippen molar-refractivity contribution in [2.24, 2.45) is 0 Å². The molecule has 0 atom stereocenters. The Balaban J connectivity index is 1.93. The highest BCUT2D eigenvalue weighted by Gasteiger charge is 2.35. The van der Waals surface area contributed by atoms with Crippen LogP contribution in [0.3, 0.4) is 0 Å². The van der Waals surface area contributed by atoms with Crippen LogP contribution in [0.2, 0.25) is 5.02 Å². The van der Waals surface area contributed by atoms with Crippen LogP contribution >= 0.6 is 23.8 Å². The third-order valence-corrected chi connectivity index (χ3v) is 5.41. The van der Waals surface area contributed by atoms with Gasteiger partial charge in [0.2, 0.25) is 0 Å². The molecule has 0 saturated carbocycles. The normalized spacial score (nSPS) is 14.2. The Morgan fingerprint density at radius 3 is 2.26 bits per heavy atom. The van der Waals surface area contributed by atoms with Gasteiger partial charge in [-0.3, -0.25) is 19.4 Å². The first-order chi connectivity index (χ1) is 14.7. The van der Waals surface area contributed by atoms with Crippen LogP contribution in [0.5, 0.6) is 11.5 Å². The van der Waals surface area contributed by atoms with Gasteiger partial charge in [-0.15, -0.1) is 0 Å². The molecule has 162 valence electrons. The average molecular weight is 463 g/mol. The number of amides is 2. The van der Waals surface area contributed by atoms with E-state index in [1.54, 1.807) is 24.3 Å². The Hall–Kier alpha value is -2.97. The van der Waals surface area contributed by atoms with Crippen LogP contribution < -0.4 is 9.47 Å². The van der Waals surface area contributed by atoms with E-state index >= 15 is 0 Å². The molecule has 0 spiro atoms. The van der Waals surface area contributed by atoms with E-state index in [9.17, 15) is 14.0 Å². The number of ether oxygens (including phenoxy) is 2. The van der Waals surface area contributed by atoms with Gasteiger partial charge in [0.15, 0.2) is 16.6 Å². The monoisotopic (exact) mass is 462 g/mol. The molecule has 0 aromatic heterocycles. The van der Waals surface area contributed by atoms with Crippen LogP contribution in [0, 0.1) is 5.82 Å². The Kier molecular flexibility index (Phi) is 6.92. The van der Waals surface area contributed by atoms with E-state index in [1.807, 2.05) is 6.92 Å². The number of carbonyl (C=O) groups is 2. The summed E-state index contributed by atoms with van der Waals surface area (Å²) in [5.41, 5.74) is 1.21. The number of hydrogen-bond donors (Lipinski definition) is 0. The molecule has 1 aliphatic heterocycles. The molecular weight excluding hydrogens is 443 g/mol. The zero-order valence-electron chi connectivity index (χ0n) is 17.1. The molecule has 0 radical (unpaired) electrons. The molecule has 1 saturated heterocycles. The van der Waals surface area contributed by atoms with E-state index in [4.69, 9.17) is 33.3 Å². The molecule has 2 amide bonds. The molecule has 1 fully saturated rings. The van der Waals surface area contributed by atoms with Gasteiger partial charge >= 0.3 is 0 Å². The van der Waals surface area contributed by atoms with Crippen LogP contribution in [0.4, 0.5) is 4.39 Å². The molecule has 0 unspecified atom stereocenters. The highest BCUT2D eigenvalue weighted by atomic mass is 35.5. The molecule has 0 bridgehead atoms. The van der Waals surface area contributed by atoms with Crippen molar-refractivity contribution in [3.8, 4) is 11.5 Å². The van der Waals surface area contributed by atoms with E-state index in [0.29, 0.717) is 23.7 Å². The number of benzene rings is 2. The molecule has 1 heterocycles. The maximum Gasteiger partial charge on any atom is 0.265 e. The highest BCUT2D eigenvalue weighted by Crippen LogP contribution is 2.38. The van der Waals surface area contributed by atoms with Crippen LogP contribution in [0.25, 0.3) is 6.08 Å². The summed E-state index contributed by atoms with van der Waals surface area (Å²) < 4.78 is 24.6. The summed E-state index contributed by atoms with van der Waals surface area (Å²) >= 11 is 11.5. The van der Waals surface area contributed by atoms with Gasteiger partial charge in [0.1, 0.15) is 18.0 Å². The summed E-state index contributed by atoms with van der Waals surface area (Å²) in [5, 5.41) is 0.373. The maximum atomic E-state index is 13.1. The lowest BCUT2D eigenvalue weighted by Gasteiger charge is -2.31. The lowest BCUT2D eigenvalue weighted by atomic mass is 10.1. The second-order valence-corrected chi connectivity index (χ2v) is 7.52. The Bertz CT molecular complexity index is 1050. The molecular formula is C22H20ClFN2O4S. The van der Waals surface area contributed by atoms with Crippen LogP contribution in [0.15, 0.2) is 42.0 Å². The van der Waals surface area contributed by atoms with E-state index in [2.05, 4.69) is 0 Å². The fraction of sp³-hybridized carbons (Fsp3) is 0.227. The number of hydrogen-bond acceptors (Lipinski definition) is 5. The van der Waals surface area contributed by atoms with E-state index in [1.165, 1.54) is 42.1 Å². The minimum Gasteiger partial charge on any atom is -0.490 e. The smallest absolute Gasteiger partial charge is 0.265 e. The third-order valence-electron chi connectivity index (χ3n) is 4.58. The summed E-state index contributed by atoms with van der Waals surface area (Å²) in [7, 11) is 3.01. The number of thiocarbonyl (C=S) groups is 1. The van der Waals surface area contributed by atoms with E-state index in [0.717, 1.165) is 5.56 Å². The van der Waals surface area contributed by atoms with E-state index < -0.39 is 11.8 Å². The van der Waals surface area contributed by atoms with Crippen LogP contribution in [-0.2, 0) is 16.2 Å². The Labute approximate surface area is 189 Å². The van der Waals surface area contributed by atoms with Crippen molar-refractivity contribution in [2.45, 2.75) is 13.5 Å². The lowest BCUT2D eigenvalue weighted by molar-refractivity contribution is -0.132. The van der Waals surface area contributed by atoms with Gasteiger partial charge in [-0.05, 0) is 60.6 Å². The topological polar surface area (TPSA) is 59.1 Å². The summed E-state index contributed by atoms with van der Waals surface area (Å²) in [6.07, 6.45) is 1.44. The van der Waals surface area contributed by atoms with Gasteiger partial charge in [-0.2, -0.15) is 0 Å². The van der Waals surface area contributed by atoms with Crippen molar-refractivity contribution in [2.75, 3.05) is 20.7 Å².